The lowest BCUT2D eigenvalue weighted by atomic mass is 9.77. The number of carboxylic acid groups (broad SMARTS) is 1. The van der Waals surface area contributed by atoms with Gasteiger partial charge >= 0.3 is 5.97 Å². The predicted molar refractivity (Wildman–Crippen MR) is 77.8 cm³/mol. The summed E-state index contributed by atoms with van der Waals surface area (Å²) in [5.41, 5.74) is -0.800. The van der Waals surface area contributed by atoms with Crippen LogP contribution in [0.2, 0.25) is 0 Å². The van der Waals surface area contributed by atoms with Gasteiger partial charge in [-0.25, -0.2) is 8.42 Å². The van der Waals surface area contributed by atoms with Crippen LogP contribution in [0, 0.1) is 5.92 Å². The fourth-order valence-corrected chi connectivity index (χ4v) is 4.98. The molecule has 0 bridgehead atoms. The van der Waals surface area contributed by atoms with Crippen molar-refractivity contribution in [2.24, 2.45) is 5.92 Å². The normalized spacial score (nSPS) is 25.2. The highest BCUT2D eigenvalue weighted by atomic mass is 32.2. The fourth-order valence-electron chi connectivity index (χ4n) is 3.63. The van der Waals surface area contributed by atoms with E-state index in [0.29, 0.717) is 12.8 Å². The second kappa shape index (κ2) is 5.31. The number of likely N-dealkylation sites (tertiary alicyclic amines) is 1. The molecule has 1 aromatic rings. The maximum Gasteiger partial charge on any atom is 0.309 e. The van der Waals surface area contributed by atoms with E-state index in [2.05, 4.69) is 10.2 Å². The summed E-state index contributed by atoms with van der Waals surface area (Å²) in [5, 5.41) is 15.5. The van der Waals surface area contributed by atoms with E-state index >= 15 is 0 Å². The topological polar surface area (TPSA) is 124 Å². The van der Waals surface area contributed by atoms with Crippen LogP contribution < -0.4 is 0 Å². The Morgan fingerprint density at radius 1 is 1.43 bits per heavy atom. The molecule has 2 fully saturated rings. The van der Waals surface area contributed by atoms with E-state index in [1.165, 1.54) is 21.6 Å². The first-order chi connectivity index (χ1) is 10.8. The van der Waals surface area contributed by atoms with Crippen molar-refractivity contribution in [2.75, 3.05) is 20.1 Å². The van der Waals surface area contributed by atoms with Gasteiger partial charge in [-0.2, -0.15) is 9.40 Å². The van der Waals surface area contributed by atoms with Gasteiger partial charge < -0.3 is 10.0 Å². The Morgan fingerprint density at radius 3 is 2.61 bits per heavy atom. The molecular formula is C13H18N4O5S. The molecule has 0 radical (unpaired) electrons. The molecule has 126 valence electrons. The third-order valence-electron chi connectivity index (χ3n) is 5.07. The molecule has 1 spiro atoms. The minimum Gasteiger partial charge on any atom is -0.481 e. The van der Waals surface area contributed by atoms with E-state index in [-0.39, 0.29) is 30.3 Å². The number of nitrogens with one attached hydrogen (secondary N) is 1. The SMILES string of the molecule is CN1C(=O)C[C@@H](C(=O)O)C12CCN(S(=O)(=O)c1cn[nH]c1)CC2. The number of carbonyl (C=O) groups is 2. The smallest absolute Gasteiger partial charge is 0.309 e. The summed E-state index contributed by atoms with van der Waals surface area (Å²) >= 11 is 0. The van der Waals surface area contributed by atoms with Crippen LogP contribution in [0.3, 0.4) is 0 Å². The van der Waals surface area contributed by atoms with E-state index in [9.17, 15) is 23.1 Å². The number of hydrogen-bond acceptors (Lipinski definition) is 5. The van der Waals surface area contributed by atoms with Crippen molar-refractivity contribution in [2.45, 2.75) is 29.7 Å². The van der Waals surface area contributed by atoms with Crippen molar-refractivity contribution >= 4 is 21.9 Å². The summed E-state index contributed by atoms with van der Waals surface area (Å²) in [6.45, 7) is 0.351. The summed E-state index contributed by atoms with van der Waals surface area (Å²) in [6.07, 6.45) is 3.14. The van der Waals surface area contributed by atoms with Crippen LogP contribution >= 0.6 is 0 Å². The van der Waals surface area contributed by atoms with Crippen molar-refractivity contribution < 1.29 is 23.1 Å². The molecule has 0 aromatic carbocycles. The third kappa shape index (κ3) is 2.32. The highest BCUT2D eigenvalue weighted by Crippen LogP contribution is 2.43. The first-order valence-electron chi connectivity index (χ1n) is 7.27. The van der Waals surface area contributed by atoms with Crippen molar-refractivity contribution in [1.82, 2.24) is 19.4 Å². The molecule has 0 saturated carbocycles. The van der Waals surface area contributed by atoms with Crippen LogP contribution in [0.5, 0.6) is 0 Å². The number of amides is 1. The summed E-state index contributed by atoms with van der Waals surface area (Å²) in [5.74, 6) is -2.00. The second-order valence-corrected chi connectivity index (χ2v) is 7.93. The Kier molecular flexibility index (Phi) is 3.68. The zero-order chi connectivity index (χ0) is 16.8. The van der Waals surface area contributed by atoms with Gasteiger partial charge in [0.1, 0.15) is 4.90 Å². The fraction of sp³-hybridized carbons (Fsp3) is 0.615. The number of piperidine rings is 1. The number of carboxylic acids is 1. The van der Waals surface area contributed by atoms with Crippen molar-refractivity contribution in [1.29, 1.82) is 0 Å². The molecule has 9 nitrogen and oxygen atoms in total. The Hall–Kier alpha value is -1.94. The zero-order valence-electron chi connectivity index (χ0n) is 12.6. The Bertz CT molecular complexity index is 722. The Morgan fingerprint density at radius 2 is 2.09 bits per heavy atom. The monoisotopic (exact) mass is 342 g/mol. The molecule has 0 unspecified atom stereocenters. The first kappa shape index (κ1) is 15.9. The maximum atomic E-state index is 12.5. The number of nitrogens with zero attached hydrogens (tertiary/aromatic N) is 3. The van der Waals surface area contributed by atoms with Crippen LogP contribution in [0.25, 0.3) is 0 Å². The Balaban J connectivity index is 1.83. The van der Waals surface area contributed by atoms with Crippen molar-refractivity contribution in [3.05, 3.63) is 12.4 Å². The standard InChI is InChI=1S/C13H18N4O5S/c1-16-11(18)6-10(12(19)20)13(16)2-4-17(5-3-13)23(21,22)9-7-14-15-8-9/h7-8,10H,2-6H2,1H3,(H,14,15)(H,19,20)/t10-/m0/s1. The molecular weight excluding hydrogens is 324 g/mol. The summed E-state index contributed by atoms with van der Waals surface area (Å²) in [4.78, 5) is 25.0. The number of H-pyrrole nitrogens is 1. The zero-order valence-corrected chi connectivity index (χ0v) is 13.4. The van der Waals surface area contributed by atoms with Crippen LogP contribution in [0.15, 0.2) is 17.3 Å². The van der Waals surface area contributed by atoms with E-state index < -0.39 is 27.4 Å². The summed E-state index contributed by atoms with van der Waals surface area (Å²) in [7, 11) is -2.04. The lowest BCUT2D eigenvalue weighted by Gasteiger charge is -2.44. The van der Waals surface area contributed by atoms with Crippen molar-refractivity contribution in [3.8, 4) is 0 Å². The van der Waals surface area contributed by atoms with Crippen LogP contribution in [-0.2, 0) is 19.6 Å². The van der Waals surface area contributed by atoms with Gasteiger partial charge in [0.15, 0.2) is 0 Å². The molecule has 3 rings (SSSR count). The summed E-state index contributed by atoms with van der Waals surface area (Å²) < 4.78 is 26.3. The van der Waals surface area contributed by atoms with Crippen molar-refractivity contribution in [3.63, 3.8) is 0 Å². The van der Waals surface area contributed by atoms with E-state index in [0.717, 1.165) is 0 Å². The van der Waals surface area contributed by atoms with Crippen LogP contribution in [-0.4, -0.2) is 70.5 Å². The van der Waals surface area contributed by atoms with Crippen LogP contribution in [0.4, 0.5) is 0 Å². The molecule has 2 aliphatic heterocycles. The van der Waals surface area contributed by atoms with Gasteiger partial charge in [0.2, 0.25) is 15.9 Å². The average molecular weight is 342 g/mol. The van der Waals surface area contributed by atoms with Crippen LogP contribution in [0.1, 0.15) is 19.3 Å². The maximum absolute atomic E-state index is 12.5. The number of hydrogen-bond donors (Lipinski definition) is 2. The first-order valence-corrected chi connectivity index (χ1v) is 8.71. The van der Waals surface area contributed by atoms with Gasteiger partial charge in [0.25, 0.3) is 0 Å². The van der Waals surface area contributed by atoms with Gasteiger partial charge in [-0.05, 0) is 12.8 Å². The highest BCUT2D eigenvalue weighted by molar-refractivity contribution is 7.89. The number of carbonyl (C=O) groups excluding carboxylic acids is 1. The number of sulfonamides is 1. The molecule has 1 amide bonds. The Labute approximate surface area is 133 Å². The largest absolute Gasteiger partial charge is 0.481 e. The lowest BCUT2D eigenvalue weighted by molar-refractivity contribution is -0.145. The minimum absolute atomic E-state index is 0.0275. The molecule has 3 heterocycles. The molecule has 23 heavy (non-hydrogen) atoms. The summed E-state index contributed by atoms with van der Waals surface area (Å²) in [6, 6.07) is 0. The molecule has 10 heteroatoms. The van der Waals surface area contributed by atoms with E-state index in [1.54, 1.807) is 7.05 Å². The molecule has 0 aliphatic carbocycles. The quantitative estimate of drug-likeness (QED) is 0.763. The van der Waals surface area contributed by atoms with Gasteiger partial charge in [0, 0.05) is 32.8 Å². The van der Waals surface area contributed by atoms with Gasteiger partial charge in [-0.3, -0.25) is 14.7 Å². The predicted octanol–water partition coefficient (Wildman–Crippen LogP) is -0.504. The molecule has 1 atom stereocenters. The van der Waals surface area contributed by atoms with Gasteiger partial charge in [-0.15, -0.1) is 0 Å². The molecule has 2 aliphatic rings. The molecule has 2 saturated heterocycles. The second-order valence-electron chi connectivity index (χ2n) is 5.99. The number of aliphatic carboxylic acids is 1. The average Bonchev–Trinajstić information content (AvgIpc) is 3.12. The third-order valence-corrected chi connectivity index (χ3v) is 6.93. The number of rotatable bonds is 3. The minimum atomic E-state index is -3.64. The van der Waals surface area contributed by atoms with Gasteiger partial charge in [0.05, 0.1) is 17.7 Å². The number of aromatic nitrogens is 2. The molecule has 2 N–H and O–H groups in total. The van der Waals surface area contributed by atoms with Gasteiger partial charge in [-0.1, -0.05) is 0 Å². The van der Waals surface area contributed by atoms with E-state index in [4.69, 9.17) is 0 Å². The highest BCUT2D eigenvalue weighted by Gasteiger charge is 2.56. The molecule has 1 aromatic heterocycles. The lowest BCUT2D eigenvalue weighted by Crippen LogP contribution is -2.56. The van der Waals surface area contributed by atoms with E-state index in [1.807, 2.05) is 0 Å². The number of aromatic amines is 1.